The summed E-state index contributed by atoms with van der Waals surface area (Å²) in [5, 5.41) is 8.52. The Hall–Kier alpha value is -0.0105. The molecule has 1 radical (unpaired) electrons. The summed E-state index contributed by atoms with van der Waals surface area (Å²) >= 11 is 0. The zero-order valence-electron chi connectivity index (χ0n) is 14.0. The molecule has 0 aliphatic heterocycles. The van der Waals surface area contributed by atoms with Gasteiger partial charge in [0, 0.05) is 23.5 Å². The van der Waals surface area contributed by atoms with Crippen molar-refractivity contribution in [2.45, 2.75) is 110 Å². The molecular formula is C18H36CuO2. The Labute approximate surface area is 142 Å². The molecular weight excluding hydrogens is 312 g/mol. The van der Waals surface area contributed by atoms with Crippen molar-refractivity contribution in [3.05, 3.63) is 0 Å². The van der Waals surface area contributed by atoms with Gasteiger partial charge in [-0.25, -0.2) is 0 Å². The Bertz CT molecular complexity index is 207. The number of carboxylic acid groups (broad SMARTS) is 1. The van der Waals surface area contributed by atoms with Gasteiger partial charge in [-0.15, -0.1) is 0 Å². The molecule has 0 fully saturated rings. The summed E-state index contributed by atoms with van der Waals surface area (Å²) in [5.41, 5.74) is 0. The van der Waals surface area contributed by atoms with E-state index in [2.05, 4.69) is 6.92 Å². The van der Waals surface area contributed by atoms with Crippen LogP contribution in [0.2, 0.25) is 0 Å². The van der Waals surface area contributed by atoms with E-state index < -0.39 is 5.97 Å². The first-order valence-electron chi connectivity index (χ1n) is 8.99. The zero-order chi connectivity index (χ0) is 14.9. The van der Waals surface area contributed by atoms with Gasteiger partial charge in [0.1, 0.15) is 0 Å². The first-order chi connectivity index (χ1) is 9.77. The Morgan fingerprint density at radius 3 is 1.19 bits per heavy atom. The molecule has 0 aromatic carbocycles. The molecule has 0 aliphatic rings. The van der Waals surface area contributed by atoms with Crippen molar-refractivity contribution in [1.82, 2.24) is 0 Å². The van der Waals surface area contributed by atoms with Crippen LogP contribution in [0.4, 0.5) is 0 Å². The van der Waals surface area contributed by atoms with Gasteiger partial charge in [0.2, 0.25) is 0 Å². The predicted molar refractivity (Wildman–Crippen MR) is 87.2 cm³/mol. The predicted octanol–water partition coefficient (Wildman–Crippen LogP) is 6.33. The smallest absolute Gasteiger partial charge is 0.303 e. The second-order valence-corrected chi connectivity index (χ2v) is 6.09. The van der Waals surface area contributed by atoms with Crippen molar-refractivity contribution < 1.29 is 27.0 Å². The van der Waals surface area contributed by atoms with Gasteiger partial charge in [-0.2, -0.15) is 0 Å². The molecule has 0 rings (SSSR count). The van der Waals surface area contributed by atoms with Crippen LogP contribution in [0.3, 0.4) is 0 Å². The van der Waals surface area contributed by atoms with Gasteiger partial charge in [0.05, 0.1) is 0 Å². The van der Waals surface area contributed by atoms with E-state index in [-0.39, 0.29) is 17.1 Å². The van der Waals surface area contributed by atoms with Gasteiger partial charge in [0.15, 0.2) is 0 Å². The van der Waals surface area contributed by atoms with Crippen molar-refractivity contribution in [3.63, 3.8) is 0 Å². The summed E-state index contributed by atoms with van der Waals surface area (Å²) in [5.74, 6) is -0.653. The molecule has 3 heteroatoms. The fourth-order valence-electron chi connectivity index (χ4n) is 2.65. The van der Waals surface area contributed by atoms with Crippen molar-refractivity contribution >= 4 is 5.97 Å². The van der Waals surface area contributed by atoms with Gasteiger partial charge in [-0.3, -0.25) is 4.79 Å². The van der Waals surface area contributed by atoms with Crippen LogP contribution < -0.4 is 0 Å². The molecule has 0 spiro atoms. The van der Waals surface area contributed by atoms with Crippen LogP contribution in [0, 0.1) is 0 Å². The topological polar surface area (TPSA) is 37.3 Å². The maximum Gasteiger partial charge on any atom is 0.303 e. The Balaban J connectivity index is 0. The number of carbonyl (C=O) groups is 1. The minimum Gasteiger partial charge on any atom is -0.481 e. The number of hydrogen-bond donors (Lipinski definition) is 1. The van der Waals surface area contributed by atoms with E-state index in [1.165, 1.54) is 83.5 Å². The molecule has 0 saturated heterocycles. The summed E-state index contributed by atoms with van der Waals surface area (Å²) in [6.45, 7) is 2.27. The molecule has 0 heterocycles. The number of hydrogen-bond acceptors (Lipinski definition) is 1. The second kappa shape index (κ2) is 20.0. The summed E-state index contributed by atoms with van der Waals surface area (Å²) in [7, 11) is 0. The zero-order valence-corrected chi connectivity index (χ0v) is 14.9. The molecule has 2 nitrogen and oxygen atoms in total. The van der Waals surface area contributed by atoms with Crippen LogP contribution in [0.5, 0.6) is 0 Å². The van der Waals surface area contributed by atoms with Gasteiger partial charge in [0.25, 0.3) is 0 Å². The molecule has 0 atom stereocenters. The number of carboxylic acids is 1. The first kappa shape index (κ1) is 23.3. The van der Waals surface area contributed by atoms with E-state index in [1.54, 1.807) is 0 Å². The summed E-state index contributed by atoms with van der Waals surface area (Å²) in [6, 6.07) is 0. The van der Waals surface area contributed by atoms with Crippen molar-refractivity contribution in [1.29, 1.82) is 0 Å². The van der Waals surface area contributed by atoms with Crippen LogP contribution in [-0.2, 0) is 21.9 Å². The molecule has 0 unspecified atom stereocenters. The van der Waals surface area contributed by atoms with Crippen LogP contribution in [-0.4, -0.2) is 11.1 Å². The van der Waals surface area contributed by atoms with E-state index in [0.29, 0.717) is 6.42 Å². The standard InChI is InChI=1S/C18H36O2.Cu/c1-2-3-4-5-6-7-8-9-10-11-12-13-14-15-16-17-18(19)20;/h2-17H2,1H3,(H,19,20);. The van der Waals surface area contributed by atoms with Gasteiger partial charge < -0.3 is 5.11 Å². The Morgan fingerprint density at radius 2 is 0.905 bits per heavy atom. The third-order valence-electron chi connectivity index (χ3n) is 3.99. The fourth-order valence-corrected chi connectivity index (χ4v) is 2.65. The van der Waals surface area contributed by atoms with Crippen LogP contribution in [0.25, 0.3) is 0 Å². The van der Waals surface area contributed by atoms with E-state index in [1.807, 2.05) is 0 Å². The second-order valence-electron chi connectivity index (χ2n) is 6.09. The van der Waals surface area contributed by atoms with Gasteiger partial charge in [-0.05, 0) is 6.42 Å². The van der Waals surface area contributed by atoms with E-state index in [0.717, 1.165) is 12.8 Å². The molecule has 0 bridgehead atoms. The molecule has 0 saturated carbocycles. The maximum atomic E-state index is 10.3. The molecule has 0 aromatic heterocycles. The van der Waals surface area contributed by atoms with Gasteiger partial charge >= 0.3 is 5.97 Å². The van der Waals surface area contributed by atoms with E-state index in [9.17, 15) is 4.79 Å². The largest absolute Gasteiger partial charge is 0.481 e. The van der Waals surface area contributed by atoms with Crippen LogP contribution >= 0.6 is 0 Å². The molecule has 0 aromatic rings. The Morgan fingerprint density at radius 1 is 0.619 bits per heavy atom. The summed E-state index contributed by atoms with van der Waals surface area (Å²) < 4.78 is 0. The first-order valence-corrected chi connectivity index (χ1v) is 8.99. The summed E-state index contributed by atoms with van der Waals surface area (Å²) in [6.07, 6.45) is 20.2. The van der Waals surface area contributed by atoms with Gasteiger partial charge in [-0.1, -0.05) is 96.8 Å². The molecule has 1 N–H and O–H groups in total. The minimum atomic E-state index is -0.653. The normalized spacial score (nSPS) is 10.3. The number of rotatable bonds is 16. The summed E-state index contributed by atoms with van der Waals surface area (Å²) in [4.78, 5) is 10.3. The van der Waals surface area contributed by atoms with Crippen LogP contribution in [0.1, 0.15) is 110 Å². The monoisotopic (exact) mass is 347 g/mol. The number of aliphatic carboxylic acids is 1. The third-order valence-corrected chi connectivity index (χ3v) is 3.99. The minimum absolute atomic E-state index is 0. The van der Waals surface area contributed by atoms with Crippen molar-refractivity contribution in [2.24, 2.45) is 0 Å². The molecule has 0 amide bonds. The quantitative estimate of drug-likeness (QED) is 0.261. The van der Waals surface area contributed by atoms with Crippen LogP contribution in [0.15, 0.2) is 0 Å². The van der Waals surface area contributed by atoms with Crippen molar-refractivity contribution in [3.8, 4) is 0 Å². The third kappa shape index (κ3) is 22.4. The number of unbranched alkanes of at least 4 members (excludes halogenated alkanes) is 14. The Kier molecular flexibility index (Phi) is 22.1. The average molecular weight is 348 g/mol. The maximum absolute atomic E-state index is 10.3. The SMILES string of the molecule is CCCCCCCCCCCCCCCCCC(=O)O.[Cu]. The fraction of sp³-hybridized carbons (Fsp3) is 0.944. The van der Waals surface area contributed by atoms with E-state index in [4.69, 9.17) is 5.11 Å². The van der Waals surface area contributed by atoms with Crippen molar-refractivity contribution in [2.75, 3.05) is 0 Å². The average Bonchev–Trinajstić information content (AvgIpc) is 2.43. The van der Waals surface area contributed by atoms with E-state index >= 15 is 0 Å². The molecule has 0 aliphatic carbocycles. The molecule has 21 heavy (non-hydrogen) atoms. The molecule has 131 valence electrons.